The molecule has 0 bridgehead atoms. The predicted octanol–water partition coefficient (Wildman–Crippen LogP) is 4.02. The normalized spacial score (nSPS) is 10.8. The third kappa shape index (κ3) is 5.90. The van der Waals surface area contributed by atoms with Crippen LogP contribution in [0.2, 0.25) is 0 Å². The van der Waals surface area contributed by atoms with Crippen LogP contribution in [0.1, 0.15) is 22.8 Å². The lowest BCUT2D eigenvalue weighted by molar-refractivity contribution is -0.131. The molecular weight excluding hydrogens is 380 g/mol. The summed E-state index contributed by atoms with van der Waals surface area (Å²) in [5.74, 6) is -0.893. The highest BCUT2D eigenvalue weighted by atomic mass is 16.5. The molecule has 0 atom stereocenters. The van der Waals surface area contributed by atoms with Crippen LogP contribution in [0, 0.1) is 0 Å². The van der Waals surface area contributed by atoms with E-state index in [1.54, 1.807) is 84.9 Å². The Labute approximate surface area is 174 Å². The Morgan fingerprint density at radius 2 is 1.40 bits per heavy atom. The quantitative estimate of drug-likeness (QED) is 0.372. The summed E-state index contributed by atoms with van der Waals surface area (Å²) in [6.07, 6.45) is 1.55. The van der Waals surface area contributed by atoms with Crippen molar-refractivity contribution in [3.63, 3.8) is 0 Å². The van der Waals surface area contributed by atoms with Gasteiger partial charge < -0.3 is 15.4 Å². The number of carbonyl (C=O) groups excluding carboxylic acids is 3. The van der Waals surface area contributed by atoms with Crippen molar-refractivity contribution in [1.82, 2.24) is 5.32 Å². The van der Waals surface area contributed by atoms with Crippen LogP contribution in [-0.2, 0) is 9.59 Å². The second-order valence-electron chi connectivity index (χ2n) is 6.36. The topological polar surface area (TPSA) is 84.5 Å². The number of esters is 1. The molecule has 3 aromatic rings. The smallest absolute Gasteiger partial charge is 0.308 e. The molecule has 150 valence electrons. The molecule has 6 heteroatoms. The molecule has 0 unspecified atom stereocenters. The maximum atomic E-state index is 12.8. The van der Waals surface area contributed by atoms with E-state index in [2.05, 4.69) is 10.6 Å². The average molecular weight is 400 g/mol. The van der Waals surface area contributed by atoms with E-state index < -0.39 is 17.8 Å². The van der Waals surface area contributed by atoms with Crippen molar-refractivity contribution in [2.24, 2.45) is 0 Å². The van der Waals surface area contributed by atoms with Crippen molar-refractivity contribution in [2.45, 2.75) is 6.92 Å². The fourth-order valence-electron chi connectivity index (χ4n) is 2.63. The van der Waals surface area contributed by atoms with Gasteiger partial charge in [-0.25, -0.2) is 0 Å². The van der Waals surface area contributed by atoms with Crippen molar-refractivity contribution < 1.29 is 19.1 Å². The maximum absolute atomic E-state index is 12.8. The highest BCUT2D eigenvalue weighted by molar-refractivity contribution is 6.10. The molecule has 0 fully saturated rings. The Morgan fingerprint density at radius 1 is 0.800 bits per heavy atom. The first-order valence-electron chi connectivity index (χ1n) is 9.24. The van der Waals surface area contributed by atoms with E-state index >= 15 is 0 Å². The first kappa shape index (κ1) is 20.5. The highest BCUT2D eigenvalue weighted by Crippen LogP contribution is 2.16. The van der Waals surface area contributed by atoms with Crippen molar-refractivity contribution in [3.8, 4) is 5.75 Å². The lowest BCUT2D eigenvalue weighted by Crippen LogP contribution is -2.30. The molecular formula is C24H20N2O4. The number of para-hydroxylation sites is 1. The van der Waals surface area contributed by atoms with Crippen LogP contribution in [0.5, 0.6) is 5.75 Å². The number of anilines is 1. The third-order valence-electron chi connectivity index (χ3n) is 4.01. The summed E-state index contributed by atoms with van der Waals surface area (Å²) < 4.78 is 5.01. The molecule has 0 heterocycles. The lowest BCUT2D eigenvalue weighted by Gasteiger charge is -2.11. The van der Waals surface area contributed by atoms with Crippen LogP contribution in [0.3, 0.4) is 0 Å². The van der Waals surface area contributed by atoms with Crippen LogP contribution >= 0.6 is 0 Å². The van der Waals surface area contributed by atoms with Gasteiger partial charge in [-0.1, -0.05) is 48.5 Å². The SMILES string of the molecule is CC(=O)Oc1ccc(/C=C(\NC(=O)c2ccccc2)C(=O)Nc2ccccc2)cc1. The molecule has 0 spiro atoms. The van der Waals surface area contributed by atoms with Crippen molar-refractivity contribution in [3.05, 3.63) is 102 Å². The second-order valence-corrected chi connectivity index (χ2v) is 6.36. The Morgan fingerprint density at radius 3 is 2.00 bits per heavy atom. The molecule has 0 aromatic heterocycles. The zero-order chi connectivity index (χ0) is 21.3. The lowest BCUT2D eigenvalue weighted by atomic mass is 10.1. The molecule has 0 saturated heterocycles. The molecule has 0 saturated carbocycles. The van der Waals surface area contributed by atoms with Crippen molar-refractivity contribution in [2.75, 3.05) is 5.32 Å². The number of hydrogen-bond donors (Lipinski definition) is 2. The molecule has 3 rings (SSSR count). The standard InChI is InChI=1S/C24H20N2O4/c1-17(27)30-21-14-12-18(13-15-21)16-22(24(29)25-20-10-6-3-7-11-20)26-23(28)19-8-4-2-5-9-19/h2-16H,1H3,(H,25,29)(H,26,28)/b22-16-. The minimum absolute atomic E-state index is 0.0768. The molecule has 30 heavy (non-hydrogen) atoms. The van der Waals surface area contributed by atoms with E-state index in [9.17, 15) is 14.4 Å². The summed E-state index contributed by atoms with van der Waals surface area (Å²) in [7, 11) is 0. The van der Waals surface area contributed by atoms with E-state index in [1.165, 1.54) is 6.92 Å². The van der Waals surface area contributed by atoms with Gasteiger partial charge in [0, 0.05) is 18.2 Å². The molecule has 2 amide bonds. The first-order chi connectivity index (χ1) is 14.5. The van der Waals surface area contributed by atoms with Crippen LogP contribution in [0.25, 0.3) is 6.08 Å². The van der Waals surface area contributed by atoms with Gasteiger partial charge in [-0.2, -0.15) is 0 Å². The summed E-state index contributed by atoms with van der Waals surface area (Å²) in [4.78, 5) is 36.5. The van der Waals surface area contributed by atoms with E-state index in [0.717, 1.165) is 0 Å². The van der Waals surface area contributed by atoms with Crippen LogP contribution in [-0.4, -0.2) is 17.8 Å². The maximum Gasteiger partial charge on any atom is 0.308 e. The average Bonchev–Trinajstić information content (AvgIpc) is 2.75. The monoisotopic (exact) mass is 400 g/mol. The van der Waals surface area contributed by atoms with Crippen LogP contribution < -0.4 is 15.4 Å². The minimum Gasteiger partial charge on any atom is -0.427 e. The number of amides is 2. The third-order valence-corrected chi connectivity index (χ3v) is 4.01. The summed E-state index contributed by atoms with van der Waals surface area (Å²) in [5, 5.41) is 5.44. The molecule has 0 aliphatic carbocycles. The van der Waals surface area contributed by atoms with Gasteiger partial charge in [0.1, 0.15) is 11.4 Å². The second kappa shape index (κ2) is 9.84. The number of nitrogens with one attached hydrogen (secondary N) is 2. The summed E-state index contributed by atoms with van der Waals surface area (Å²) in [6, 6.07) is 24.2. The number of benzene rings is 3. The number of carbonyl (C=O) groups is 3. The minimum atomic E-state index is -0.463. The largest absolute Gasteiger partial charge is 0.427 e. The van der Waals surface area contributed by atoms with Crippen LogP contribution in [0.4, 0.5) is 5.69 Å². The van der Waals surface area contributed by atoms with Crippen LogP contribution in [0.15, 0.2) is 90.6 Å². The molecule has 0 radical (unpaired) electrons. The van der Waals surface area contributed by atoms with Gasteiger partial charge in [0.25, 0.3) is 11.8 Å². The predicted molar refractivity (Wildman–Crippen MR) is 115 cm³/mol. The van der Waals surface area contributed by atoms with Crippen molar-refractivity contribution in [1.29, 1.82) is 0 Å². The Hall–Kier alpha value is -4.19. The zero-order valence-corrected chi connectivity index (χ0v) is 16.3. The number of rotatable bonds is 6. The molecule has 0 aliphatic heterocycles. The van der Waals surface area contributed by atoms with E-state index in [-0.39, 0.29) is 5.70 Å². The highest BCUT2D eigenvalue weighted by Gasteiger charge is 2.15. The molecule has 6 nitrogen and oxygen atoms in total. The van der Waals surface area contributed by atoms with E-state index in [1.807, 2.05) is 6.07 Å². The zero-order valence-electron chi connectivity index (χ0n) is 16.3. The fourth-order valence-corrected chi connectivity index (χ4v) is 2.63. The van der Waals surface area contributed by atoms with Gasteiger partial charge in [0.2, 0.25) is 0 Å². The van der Waals surface area contributed by atoms with Crippen molar-refractivity contribution >= 4 is 29.5 Å². The number of hydrogen-bond acceptors (Lipinski definition) is 4. The fraction of sp³-hybridized carbons (Fsp3) is 0.0417. The molecule has 3 aromatic carbocycles. The van der Waals surface area contributed by atoms with Gasteiger partial charge in [-0.05, 0) is 48.0 Å². The van der Waals surface area contributed by atoms with E-state index in [0.29, 0.717) is 22.6 Å². The Kier molecular flexibility index (Phi) is 6.74. The Bertz CT molecular complexity index is 1060. The van der Waals surface area contributed by atoms with Gasteiger partial charge in [0.05, 0.1) is 0 Å². The molecule has 2 N–H and O–H groups in total. The van der Waals surface area contributed by atoms with Gasteiger partial charge >= 0.3 is 5.97 Å². The molecule has 0 aliphatic rings. The van der Waals surface area contributed by atoms with E-state index in [4.69, 9.17) is 4.74 Å². The Balaban J connectivity index is 1.86. The van der Waals surface area contributed by atoms with Gasteiger partial charge in [-0.15, -0.1) is 0 Å². The summed E-state index contributed by atoms with van der Waals surface area (Å²) >= 11 is 0. The number of ether oxygens (including phenoxy) is 1. The van der Waals surface area contributed by atoms with Gasteiger partial charge in [0.15, 0.2) is 0 Å². The summed E-state index contributed by atoms with van der Waals surface area (Å²) in [5.41, 5.74) is 1.76. The van der Waals surface area contributed by atoms with Gasteiger partial charge in [-0.3, -0.25) is 14.4 Å². The summed E-state index contributed by atoms with van der Waals surface area (Å²) in [6.45, 7) is 1.32. The first-order valence-corrected chi connectivity index (χ1v) is 9.24.